The summed E-state index contributed by atoms with van der Waals surface area (Å²) < 4.78 is 0.982. The van der Waals surface area contributed by atoms with Crippen LogP contribution in [-0.4, -0.2) is 30.0 Å². The smallest absolute Gasteiger partial charge is 0.243 e. The number of hydrogen-bond acceptors (Lipinski definition) is 4. The number of benzene rings is 1. The molecule has 0 radical (unpaired) electrons. The van der Waals surface area contributed by atoms with Crippen LogP contribution in [0.25, 0.3) is 0 Å². The van der Waals surface area contributed by atoms with Crippen LogP contribution < -0.4 is 5.32 Å². The monoisotopic (exact) mass is 368 g/mol. The molecule has 0 aliphatic rings. The van der Waals surface area contributed by atoms with Crippen LogP contribution in [0.1, 0.15) is 16.5 Å². The number of nitrogens with one attached hydrogen (secondary N) is 1. The minimum Gasteiger partial charge on any atom is -0.508 e. The number of nitrogens with zero attached hydrogens (tertiary/aromatic N) is 1. The molecule has 21 heavy (non-hydrogen) atoms. The normalized spacial score (nSPS) is 12.4. The van der Waals surface area contributed by atoms with Gasteiger partial charge in [-0.05, 0) is 53.8 Å². The molecular weight excluding hydrogens is 352 g/mol. The van der Waals surface area contributed by atoms with Crippen LogP contribution in [0, 0.1) is 0 Å². The van der Waals surface area contributed by atoms with E-state index in [1.807, 2.05) is 36.5 Å². The van der Waals surface area contributed by atoms with Gasteiger partial charge in [0, 0.05) is 21.3 Å². The molecule has 0 aliphatic heterocycles. The Morgan fingerprint density at radius 3 is 2.76 bits per heavy atom. The predicted molar refractivity (Wildman–Crippen MR) is 88.4 cm³/mol. The first-order valence-electron chi connectivity index (χ1n) is 6.43. The Hall–Kier alpha value is -1.37. The molecule has 0 saturated heterocycles. The molecule has 1 atom stereocenters. The maximum Gasteiger partial charge on any atom is 0.243 e. The molecule has 2 N–H and O–H groups in total. The lowest BCUT2D eigenvalue weighted by Crippen LogP contribution is -2.36. The molecule has 4 nitrogen and oxygen atoms in total. The van der Waals surface area contributed by atoms with Gasteiger partial charge in [-0.15, -0.1) is 11.3 Å². The van der Waals surface area contributed by atoms with Gasteiger partial charge in [0.05, 0.1) is 0 Å². The van der Waals surface area contributed by atoms with Crippen molar-refractivity contribution in [2.75, 3.05) is 14.1 Å². The summed E-state index contributed by atoms with van der Waals surface area (Å²) in [5.41, 5.74) is 0.869. The van der Waals surface area contributed by atoms with E-state index in [1.54, 1.807) is 29.5 Å². The molecule has 2 aromatic rings. The highest BCUT2D eigenvalue weighted by Crippen LogP contribution is 2.28. The first-order valence-corrected chi connectivity index (χ1v) is 8.10. The number of thiophene rings is 1. The molecule has 0 saturated carbocycles. The number of carbonyl (C=O) groups excluding carboxylic acids is 1. The van der Waals surface area contributed by atoms with E-state index in [9.17, 15) is 9.90 Å². The van der Waals surface area contributed by atoms with Gasteiger partial charge in [-0.25, -0.2) is 0 Å². The van der Waals surface area contributed by atoms with Crippen LogP contribution in [0.3, 0.4) is 0 Å². The lowest BCUT2D eigenvalue weighted by atomic mass is 10.2. The fraction of sp³-hybridized carbons (Fsp3) is 0.267. The Morgan fingerprint density at radius 1 is 1.43 bits per heavy atom. The van der Waals surface area contributed by atoms with E-state index in [0.29, 0.717) is 6.54 Å². The Bertz CT molecular complexity index is 628. The van der Waals surface area contributed by atoms with E-state index in [4.69, 9.17) is 0 Å². The van der Waals surface area contributed by atoms with Gasteiger partial charge in [0.25, 0.3) is 0 Å². The summed E-state index contributed by atoms with van der Waals surface area (Å²) in [4.78, 5) is 15.3. The van der Waals surface area contributed by atoms with Crippen LogP contribution in [0.2, 0.25) is 0 Å². The first-order chi connectivity index (χ1) is 9.97. The molecule has 1 aromatic carbocycles. The fourth-order valence-corrected chi connectivity index (χ4v) is 3.68. The number of carbonyl (C=O) groups is 1. The van der Waals surface area contributed by atoms with E-state index >= 15 is 0 Å². The van der Waals surface area contributed by atoms with Crippen molar-refractivity contribution in [2.45, 2.75) is 12.6 Å². The van der Waals surface area contributed by atoms with Gasteiger partial charge in [0.1, 0.15) is 11.8 Å². The Balaban J connectivity index is 2.06. The third-order valence-corrected chi connectivity index (χ3v) is 4.75. The largest absolute Gasteiger partial charge is 0.508 e. The van der Waals surface area contributed by atoms with Crippen LogP contribution in [0.4, 0.5) is 0 Å². The van der Waals surface area contributed by atoms with Crippen molar-refractivity contribution >= 4 is 33.2 Å². The maximum atomic E-state index is 12.4. The number of amides is 1. The highest BCUT2D eigenvalue weighted by Gasteiger charge is 2.24. The van der Waals surface area contributed by atoms with Gasteiger partial charge < -0.3 is 10.4 Å². The van der Waals surface area contributed by atoms with Crippen molar-refractivity contribution in [3.05, 3.63) is 50.6 Å². The molecule has 1 amide bonds. The molecule has 0 spiro atoms. The molecule has 2 rings (SSSR count). The fourth-order valence-electron chi connectivity index (χ4n) is 2.04. The second-order valence-electron chi connectivity index (χ2n) is 4.92. The highest BCUT2D eigenvalue weighted by molar-refractivity contribution is 9.10. The second-order valence-corrected chi connectivity index (χ2v) is 6.78. The summed E-state index contributed by atoms with van der Waals surface area (Å²) in [5.74, 6) is 0.144. The van der Waals surface area contributed by atoms with Crippen molar-refractivity contribution in [3.63, 3.8) is 0 Å². The Morgan fingerprint density at radius 2 is 2.19 bits per heavy atom. The van der Waals surface area contributed by atoms with Crippen molar-refractivity contribution in [1.29, 1.82) is 0 Å². The van der Waals surface area contributed by atoms with E-state index < -0.39 is 0 Å². The van der Waals surface area contributed by atoms with Gasteiger partial charge in [-0.3, -0.25) is 9.69 Å². The zero-order valence-electron chi connectivity index (χ0n) is 11.8. The predicted octanol–water partition coefficient (Wildman–Crippen LogP) is 3.14. The van der Waals surface area contributed by atoms with Gasteiger partial charge in [0.15, 0.2) is 0 Å². The number of halogens is 1. The Kier molecular flexibility index (Phi) is 5.39. The maximum absolute atomic E-state index is 12.4. The molecule has 112 valence electrons. The van der Waals surface area contributed by atoms with E-state index in [2.05, 4.69) is 21.2 Å². The first kappa shape index (κ1) is 16.0. The summed E-state index contributed by atoms with van der Waals surface area (Å²) in [7, 11) is 3.76. The highest BCUT2D eigenvalue weighted by atomic mass is 79.9. The van der Waals surface area contributed by atoms with Crippen LogP contribution in [0.15, 0.2) is 40.2 Å². The average Bonchev–Trinajstić information content (AvgIpc) is 2.82. The number of phenolic OH excluding ortho intramolecular Hbond substituents is 1. The van der Waals surface area contributed by atoms with Crippen LogP contribution >= 0.6 is 27.3 Å². The molecule has 1 unspecified atom stereocenters. The minimum atomic E-state index is -0.321. The molecule has 0 aliphatic carbocycles. The standard InChI is InChI=1S/C15H17BrN2O2S/c1-18(2)14(13-7-11(16)9-21-13)15(20)17-8-10-4-3-5-12(19)6-10/h3-7,9,14,19H,8H2,1-2H3,(H,17,20). The Labute approximate surface area is 136 Å². The summed E-state index contributed by atoms with van der Waals surface area (Å²) in [6, 6.07) is 8.52. The zero-order chi connectivity index (χ0) is 15.4. The van der Waals surface area contributed by atoms with Crippen LogP contribution in [0.5, 0.6) is 5.75 Å². The third-order valence-electron chi connectivity index (χ3n) is 3.00. The van der Waals surface area contributed by atoms with Crippen molar-refractivity contribution in [3.8, 4) is 5.75 Å². The van der Waals surface area contributed by atoms with Crippen molar-refractivity contribution < 1.29 is 9.90 Å². The summed E-state index contributed by atoms with van der Waals surface area (Å²) in [5, 5.41) is 14.3. The number of rotatable bonds is 5. The minimum absolute atomic E-state index is 0.0577. The number of hydrogen-bond donors (Lipinski definition) is 2. The van der Waals surface area contributed by atoms with Gasteiger partial charge in [0.2, 0.25) is 5.91 Å². The van der Waals surface area contributed by atoms with Gasteiger partial charge in [-0.2, -0.15) is 0 Å². The third kappa shape index (κ3) is 4.30. The zero-order valence-corrected chi connectivity index (χ0v) is 14.2. The van der Waals surface area contributed by atoms with Crippen molar-refractivity contribution in [2.24, 2.45) is 0 Å². The van der Waals surface area contributed by atoms with E-state index in [0.717, 1.165) is 14.9 Å². The molecule has 0 fully saturated rings. The second kappa shape index (κ2) is 7.06. The molecule has 6 heteroatoms. The number of aromatic hydroxyl groups is 1. The summed E-state index contributed by atoms with van der Waals surface area (Å²) in [6.07, 6.45) is 0. The topological polar surface area (TPSA) is 52.6 Å². The lowest BCUT2D eigenvalue weighted by Gasteiger charge is -2.22. The number of likely N-dealkylation sites (N-methyl/N-ethyl adjacent to an activating group) is 1. The summed E-state index contributed by atoms with van der Waals surface area (Å²) >= 11 is 4.96. The van der Waals surface area contributed by atoms with E-state index in [1.165, 1.54) is 0 Å². The van der Waals surface area contributed by atoms with Gasteiger partial charge in [-0.1, -0.05) is 12.1 Å². The summed E-state index contributed by atoms with van der Waals surface area (Å²) in [6.45, 7) is 0.393. The van der Waals surface area contributed by atoms with Crippen molar-refractivity contribution in [1.82, 2.24) is 10.2 Å². The van der Waals surface area contributed by atoms with Gasteiger partial charge >= 0.3 is 0 Å². The average molecular weight is 369 g/mol. The lowest BCUT2D eigenvalue weighted by molar-refractivity contribution is -0.125. The van der Waals surface area contributed by atoms with Crippen LogP contribution in [-0.2, 0) is 11.3 Å². The molecule has 1 heterocycles. The molecule has 1 aromatic heterocycles. The SMILES string of the molecule is CN(C)C(C(=O)NCc1cccc(O)c1)c1cc(Br)cs1. The quantitative estimate of drug-likeness (QED) is 0.852. The van der Waals surface area contributed by atoms with E-state index in [-0.39, 0.29) is 17.7 Å². The molecular formula is C15H17BrN2O2S. The number of phenols is 1. The molecule has 0 bridgehead atoms.